The molecule has 0 saturated heterocycles. The first kappa shape index (κ1) is 25.4. The van der Waals surface area contributed by atoms with Crippen molar-refractivity contribution in [1.82, 2.24) is 9.97 Å². The van der Waals surface area contributed by atoms with Crippen molar-refractivity contribution in [3.63, 3.8) is 0 Å². The summed E-state index contributed by atoms with van der Waals surface area (Å²) >= 11 is 0. The summed E-state index contributed by atoms with van der Waals surface area (Å²) in [6.45, 7) is 2.12. The fourth-order valence-corrected chi connectivity index (χ4v) is 6.71. The molecule has 8 rings (SSSR count). The third-order valence-corrected chi connectivity index (χ3v) is 8.81. The van der Waals surface area contributed by atoms with E-state index in [1.54, 1.807) is 0 Å². The molecule has 2 heterocycles. The number of nitrogens with zero attached hydrogens (tertiary/aromatic N) is 2. The molecule has 0 fully saturated rings. The van der Waals surface area contributed by atoms with Crippen LogP contribution in [0.3, 0.4) is 0 Å². The number of hydrogen-bond acceptors (Lipinski definition) is 2. The molecule has 5 aromatic carbocycles. The Hall–Kier alpha value is -5.34. The highest BCUT2D eigenvalue weighted by molar-refractivity contribution is 6.21. The summed E-state index contributed by atoms with van der Waals surface area (Å²) in [5, 5.41) is 5.10. The summed E-state index contributed by atoms with van der Waals surface area (Å²) in [5.74, 6) is 0. The lowest BCUT2D eigenvalue weighted by Crippen LogP contribution is -1.96. The molecule has 7 aromatic rings. The van der Waals surface area contributed by atoms with Crippen molar-refractivity contribution >= 4 is 27.6 Å². The van der Waals surface area contributed by atoms with E-state index in [2.05, 4.69) is 126 Å². The summed E-state index contributed by atoms with van der Waals surface area (Å²) in [5.41, 5.74) is 13.5. The van der Waals surface area contributed by atoms with Gasteiger partial charge in [-0.25, -0.2) is 0 Å². The first-order chi connectivity index (χ1) is 21.2. The number of allylic oxidation sites excluding steroid dienone is 1. The SMILES string of the molecule is Cc1ccncc1-c1cncc(-c2cccc(-c3c4ccccc4c(-c4ccc5c(c4)CCC=C5)c4ccccc34)c2)c1. The molecule has 0 saturated carbocycles. The summed E-state index contributed by atoms with van der Waals surface area (Å²) in [4.78, 5) is 8.98. The van der Waals surface area contributed by atoms with Crippen LogP contribution in [-0.2, 0) is 6.42 Å². The van der Waals surface area contributed by atoms with Gasteiger partial charge in [-0.1, -0.05) is 97.1 Å². The molecular formula is C41H30N2. The van der Waals surface area contributed by atoms with Crippen LogP contribution in [0.25, 0.3) is 72.1 Å². The number of rotatable bonds is 4. The summed E-state index contributed by atoms with van der Waals surface area (Å²) in [6, 6.07) is 38.0. The molecule has 0 N–H and O–H groups in total. The van der Waals surface area contributed by atoms with E-state index in [-0.39, 0.29) is 0 Å². The van der Waals surface area contributed by atoms with Crippen LogP contribution in [-0.4, -0.2) is 9.97 Å². The lowest BCUT2D eigenvalue weighted by molar-refractivity contribution is 0.986. The standard InChI is InChI=1S/C41H30N2/c1-27-19-20-42-26-39(27)34-23-33(24-43-25-34)30-11-8-12-31(22-30)40-35-13-4-6-15-37(35)41(38-16-7-5-14-36(38)40)32-18-17-28-9-2-3-10-29(28)21-32/h2,4-9,11-26H,3,10H2,1H3. The van der Waals surface area contributed by atoms with Gasteiger partial charge in [-0.05, 0) is 104 Å². The molecule has 0 bridgehead atoms. The molecule has 0 unspecified atom stereocenters. The molecule has 1 aliphatic carbocycles. The van der Waals surface area contributed by atoms with Gasteiger partial charge in [0.15, 0.2) is 0 Å². The Morgan fingerprint density at radius 1 is 0.535 bits per heavy atom. The van der Waals surface area contributed by atoms with Crippen molar-refractivity contribution in [3.05, 3.63) is 151 Å². The van der Waals surface area contributed by atoms with Crippen LogP contribution in [0.2, 0.25) is 0 Å². The quantitative estimate of drug-likeness (QED) is 0.204. The van der Waals surface area contributed by atoms with Crippen LogP contribution >= 0.6 is 0 Å². The Kier molecular flexibility index (Phi) is 6.19. The van der Waals surface area contributed by atoms with Crippen LogP contribution in [0.5, 0.6) is 0 Å². The Morgan fingerprint density at radius 2 is 1.19 bits per heavy atom. The second kappa shape index (κ2) is 10.5. The van der Waals surface area contributed by atoms with Gasteiger partial charge in [0.05, 0.1) is 0 Å². The minimum atomic E-state index is 1.08. The molecule has 2 heteroatoms. The Labute approximate surface area is 252 Å². The molecule has 204 valence electrons. The van der Waals surface area contributed by atoms with Gasteiger partial charge in [0.25, 0.3) is 0 Å². The molecule has 0 radical (unpaired) electrons. The lowest BCUT2D eigenvalue weighted by Gasteiger charge is -2.19. The van der Waals surface area contributed by atoms with Crippen molar-refractivity contribution in [2.45, 2.75) is 19.8 Å². The van der Waals surface area contributed by atoms with Gasteiger partial charge >= 0.3 is 0 Å². The summed E-state index contributed by atoms with van der Waals surface area (Å²) in [6.07, 6.45) is 14.4. The van der Waals surface area contributed by atoms with Crippen molar-refractivity contribution in [2.24, 2.45) is 0 Å². The van der Waals surface area contributed by atoms with Gasteiger partial charge in [-0.3, -0.25) is 9.97 Å². The smallest absolute Gasteiger partial charge is 0.0349 e. The number of hydrogen-bond donors (Lipinski definition) is 0. The number of aromatic nitrogens is 2. The third-order valence-electron chi connectivity index (χ3n) is 8.81. The molecule has 2 nitrogen and oxygen atoms in total. The molecule has 0 amide bonds. The average molecular weight is 551 g/mol. The zero-order valence-electron chi connectivity index (χ0n) is 24.1. The Bertz CT molecular complexity index is 2150. The van der Waals surface area contributed by atoms with E-state index in [0.29, 0.717) is 0 Å². The fourth-order valence-electron chi connectivity index (χ4n) is 6.71. The predicted molar refractivity (Wildman–Crippen MR) is 181 cm³/mol. The summed E-state index contributed by atoms with van der Waals surface area (Å²) < 4.78 is 0. The van der Waals surface area contributed by atoms with Crippen LogP contribution in [0.4, 0.5) is 0 Å². The van der Waals surface area contributed by atoms with Crippen molar-refractivity contribution in [2.75, 3.05) is 0 Å². The molecule has 0 spiro atoms. The maximum Gasteiger partial charge on any atom is 0.0349 e. The van der Waals surface area contributed by atoms with E-state index in [0.717, 1.165) is 35.1 Å². The largest absolute Gasteiger partial charge is 0.264 e. The molecule has 1 aliphatic rings. The first-order valence-electron chi connectivity index (χ1n) is 14.9. The number of benzene rings is 5. The monoisotopic (exact) mass is 550 g/mol. The van der Waals surface area contributed by atoms with E-state index in [1.807, 2.05) is 30.9 Å². The fraction of sp³-hybridized carbons (Fsp3) is 0.0732. The maximum absolute atomic E-state index is 4.62. The van der Waals surface area contributed by atoms with Crippen molar-refractivity contribution < 1.29 is 0 Å². The van der Waals surface area contributed by atoms with E-state index in [4.69, 9.17) is 0 Å². The predicted octanol–water partition coefficient (Wildman–Crippen LogP) is 10.7. The average Bonchev–Trinajstić information content (AvgIpc) is 3.07. The topological polar surface area (TPSA) is 25.8 Å². The number of fused-ring (bicyclic) bond motifs is 3. The Balaban J connectivity index is 1.33. The first-order valence-corrected chi connectivity index (χ1v) is 14.9. The second-order valence-electron chi connectivity index (χ2n) is 11.4. The zero-order chi connectivity index (χ0) is 28.8. The molecule has 43 heavy (non-hydrogen) atoms. The normalized spacial score (nSPS) is 12.5. The number of aryl methyl sites for hydroxylation is 2. The highest BCUT2D eigenvalue weighted by Gasteiger charge is 2.18. The minimum absolute atomic E-state index is 1.08. The van der Waals surface area contributed by atoms with Crippen LogP contribution in [0, 0.1) is 6.92 Å². The third kappa shape index (κ3) is 4.43. The summed E-state index contributed by atoms with van der Waals surface area (Å²) in [7, 11) is 0. The van der Waals surface area contributed by atoms with Gasteiger partial charge in [0.1, 0.15) is 0 Å². The van der Waals surface area contributed by atoms with Crippen LogP contribution in [0.15, 0.2) is 134 Å². The molecule has 2 aromatic heterocycles. The van der Waals surface area contributed by atoms with E-state index >= 15 is 0 Å². The van der Waals surface area contributed by atoms with Gasteiger partial charge in [-0.15, -0.1) is 0 Å². The van der Waals surface area contributed by atoms with Crippen molar-refractivity contribution in [1.29, 1.82) is 0 Å². The van der Waals surface area contributed by atoms with E-state index < -0.39 is 0 Å². The van der Waals surface area contributed by atoms with Crippen molar-refractivity contribution in [3.8, 4) is 44.5 Å². The maximum atomic E-state index is 4.62. The van der Waals surface area contributed by atoms with Gasteiger partial charge in [0, 0.05) is 41.5 Å². The van der Waals surface area contributed by atoms with E-state index in [1.165, 1.54) is 60.5 Å². The number of pyridine rings is 2. The molecule has 0 aliphatic heterocycles. The zero-order valence-corrected chi connectivity index (χ0v) is 24.1. The highest BCUT2D eigenvalue weighted by Crippen LogP contribution is 2.44. The van der Waals surface area contributed by atoms with E-state index in [9.17, 15) is 0 Å². The van der Waals surface area contributed by atoms with Crippen LogP contribution in [0.1, 0.15) is 23.1 Å². The van der Waals surface area contributed by atoms with Gasteiger partial charge in [0.2, 0.25) is 0 Å². The molecular weight excluding hydrogens is 520 g/mol. The van der Waals surface area contributed by atoms with Gasteiger partial charge < -0.3 is 0 Å². The van der Waals surface area contributed by atoms with Gasteiger partial charge in [-0.2, -0.15) is 0 Å². The Morgan fingerprint density at radius 3 is 1.91 bits per heavy atom. The highest BCUT2D eigenvalue weighted by atomic mass is 14.6. The minimum Gasteiger partial charge on any atom is -0.264 e. The second-order valence-corrected chi connectivity index (χ2v) is 11.4. The lowest BCUT2D eigenvalue weighted by atomic mass is 9.84. The molecule has 0 atom stereocenters. The van der Waals surface area contributed by atoms with Crippen LogP contribution < -0.4 is 0 Å².